The van der Waals surface area contributed by atoms with Crippen molar-refractivity contribution in [3.63, 3.8) is 0 Å². The highest BCUT2D eigenvalue weighted by molar-refractivity contribution is 9.10. The molecule has 1 aliphatic rings. The minimum atomic E-state index is 0.840. The summed E-state index contributed by atoms with van der Waals surface area (Å²) >= 11 is 3.47. The molecule has 76 valence electrons. The summed E-state index contributed by atoms with van der Waals surface area (Å²) in [5.74, 6) is 0. The van der Waals surface area contributed by atoms with E-state index in [0.717, 1.165) is 27.8 Å². The minimum absolute atomic E-state index is 0.840. The van der Waals surface area contributed by atoms with Gasteiger partial charge in [0.1, 0.15) is 0 Å². The van der Waals surface area contributed by atoms with Gasteiger partial charge in [0.05, 0.1) is 0 Å². The van der Waals surface area contributed by atoms with Gasteiger partial charge >= 0.3 is 0 Å². The van der Waals surface area contributed by atoms with E-state index in [0.29, 0.717) is 0 Å². The van der Waals surface area contributed by atoms with Crippen LogP contribution in [-0.4, -0.2) is 6.54 Å². The van der Waals surface area contributed by atoms with E-state index in [1.165, 1.54) is 0 Å². The van der Waals surface area contributed by atoms with Crippen molar-refractivity contribution in [2.24, 2.45) is 0 Å². The number of nitrogens with one attached hydrogen (secondary N) is 1. The van der Waals surface area contributed by atoms with Crippen LogP contribution in [0.2, 0.25) is 0 Å². The first-order valence-electron chi connectivity index (χ1n) is 4.83. The van der Waals surface area contributed by atoms with Crippen LogP contribution in [0.3, 0.4) is 0 Å². The second-order valence-corrected chi connectivity index (χ2v) is 4.30. The zero-order valence-corrected chi connectivity index (χ0v) is 9.92. The normalized spacial score (nSPS) is 19.1. The smallest absolute Gasteiger partial charge is 0.0422 e. The summed E-state index contributed by atoms with van der Waals surface area (Å²) in [5, 5.41) is 3.35. The van der Waals surface area contributed by atoms with Gasteiger partial charge in [-0.3, -0.25) is 0 Å². The molecule has 0 fully saturated rings. The molecule has 1 aliphatic heterocycles. The van der Waals surface area contributed by atoms with Gasteiger partial charge in [0.15, 0.2) is 0 Å². The second-order valence-electron chi connectivity index (χ2n) is 3.38. The highest BCUT2D eigenvalue weighted by atomic mass is 79.9. The largest absolute Gasteiger partial charge is 0.381 e. The van der Waals surface area contributed by atoms with E-state index < -0.39 is 0 Å². The van der Waals surface area contributed by atoms with Gasteiger partial charge in [0, 0.05) is 22.3 Å². The molecule has 0 atom stereocenters. The molecule has 0 bridgehead atoms. The molecule has 2 heteroatoms. The van der Waals surface area contributed by atoms with E-state index in [1.807, 2.05) is 24.3 Å². The maximum Gasteiger partial charge on any atom is 0.0422 e. The summed E-state index contributed by atoms with van der Waals surface area (Å²) in [4.78, 5) is 0. The van der Waals surface area contributed by atoms with Gasteiger partial charge in [-0.2, -0.15) is 0 Å². The Balaban J connectivity index is 2.49. The molecular weight excluding hydrogens is 250 g/mol. The van der Waals surface area contributed by atoms with Crippen molar-refractivity contribution in [2.45, 2.75) is 0 Å². The number of hydrogen-bond donors (Lipinski definition) is 1. The Labute approximate surface area is 98.3 Å². The van der Waals surface area contributed by atoms with Gasteiger partial charge in [-0.1, -0.05) is 46.8 Å². The molecule has 0 saturated heterocycles. The average Bonchev–Trinajstić information content (AvgIpc) is 2.31. The summed E-state index contributed by atoms with van der Waals surface area (Å²) in [6, 6.07) is 6.18. The molecule has 15 heavy (non-hydrogen) atoms. The first-order chi connectivity index (χ1) is 7.27. The topological polar surface area (TPSA) is 12.0 Å². The summed E-state index contributed by atoms with van der Waals surface area (Å²) in [7, 11) is 0. The van der Waals surface area contributed by atoms with Crippen LogP contribution < -0.4 is 5.32 Å². The SMILES string of the molecule is C=C1/C=C\C=C/CNc2ccc(Br)cc21. The van der Waals surface area contributed by atoms with Crippen LogP contribution in [0, 0.1) is 0 Å². The van der Waals surface area contributed by atoms with Crippen molar-refractivity contribution in [2.75, 3.05) is 11.9 Å². The maximum atomic E-state index is 4.06. The average molecular weight is 262 g/mol. The molecular formula is C13H12BrN. The number of benzene rings is 1. The molecule has 0 radical (unpaired) electrons. The molecule has 1 heterocycles. The van der Waals surface area contributed by atoms with Gasteiger partial charge in [0.25, 0.3) is 0 Å². The molecule has 0 aliphatic carbocycles. The van der Waals surface area contributed by atoms with E-state index in [1.54, 1.807) is 0 Å². The lowest BCUT2D eigenvalue weighted by Crippen LogP contribution is -2.00. The first-order valence-corrected chi connectivity index (χ1v) is 5.62. The third kappa shape index (κ3) is 2.39. The zero-order valence-electron chi connectivity index (χ0n) is 8.33. The number of rotatable bonds is 0. The minimum Gasteiger partial charge on any atom is -0.381 e. The first kappa shape index (κ1) is 10.2. The zero-order chi connectivity index (χ0) is 10.7. The molecule has 1 nitrogen and oxygen atoms in total. The highest BCUT2D eigenvalue weighted by Crippen LogP contribution is 2.27. The van der Waals surface area contributed by atoms with Crippen LogP contribution in [0.5, 0.6) is 0 Å². The van der Waals surface area contributed by atoms with E-state index in [2.05, 4.69) is 46.0 Å². The molecule has 0 amide bonds. The molecule has 1 aromatic carbocycles. The maximum absolute atomic E-state index is 4.06. The lowest BCUT2D eigenvalue weighted by atomic mass is 10.1. The van der Waals surface area contributed by atoms with Crippen LogP contribution in [-0.2, 0) is 0 Å². The predicted molar refractivity (Wildman–Crippen MR) is 69.9 cm³/mol. The molecule has 0 aromatic heterocycles. The fraction of sp³-hybridized carbons (Fsp3) is 0.0769. The van der Waals surface area contributed by atoms with E-state index in [4.69, 9.17) is 0 Å². The Morgan fingerprint density at radius 2 is 2.13 bits per heavy atom. The van der Waals surface area contributed by atoms with E-state index >= 15 is 0 Å². The predicted octanol–water partition coefficient (Wildman–Crippen LogP) is 4.00. The van der Waals surface area contributed by atoms with Gasteiger partial charge in [-0.15, -0.1) is 0 Å². The molecule has 0 spiro atoms. The number of hydrogen-bond acceptors (Lipinski definition) is 1. The lowest BCUT2D eigenvalue weighted by molar-refractivity contribution is 1.33. The van der Waals surface area contributed by atoms with Crippen molar-refractivity contribution < 1.29 is 0 Å². The van der Waals surface area contributed by atoms with E-state index in [9.17, 15) is 0 Å². The Bertz CT molecular complexity index is 444. The van der Waals surface area contributed by atoms with E-state index in [-0.39, 0.29) is 0 Å². The number of halogens is 1. The van der Waals surface area contributed by atoms with Crippen molar-refractivity contribution in [1.82, 2.24) is 0 Å². The van der Waals surface area contributed by atoms with Crippen molar-refractivity contribution >= 4 is 27.2 Å². The molecule has 1 aromatic rings. The fourth-order valence-electron chi connectivity index (χ4n) is 1.51. The molecule has 0 unspecified atom stereocenters. The third-order valence-electron chi connectivity index (χ3n) is 2.28. The lowest BCUT2D eigenvalue weighted by Gasteiger charge is -2.10. The van der Waals surface area contributed by atoms with Crippen LogP contribution in [0.15, 0.2) is 53.6 Å². The van der Waals surface area contributed by atoms with Gasteiger partial charge in [0.2, 0.25) is 0 Å². The molecule has 0 saturated carbocycles. The van der Waals surface area contributed by atoms with Crippen molar-refractivity contribution in [3.8, 4) is 0 Å². The van der Waals surface area contributed by atoms with Gasteiger partial charge in [-0.25, -0.2) is 0 Å². The molecule has 1 N–H and O–H groups in total. The fourth-order valence-corrected chi connectivity index (χ4v) is 1.87. The number of anilines is 1. The summed E-state index contributed by atoms with van der Waals surface area (Å²) in [6.45, 7) is 4.90. The summed E-state index contributed by atoms with van der Waals surface area (Å²) < 4.78 is 1.07. The van der Waals surface area contributed by atoms with Crippen LogP contribution in [0.1, 0.15) is 5.56 Å². The van der Waals surface area contributed by atoms with Crippen LogP contribution in [0.25, 0.3) is 5.57 Å². The van der Waals surface area contributed by atoms with Gasteiger partial charge in [-0.05, 0) is 23.8 Å². The quantitative estimate of drug-likeness (QED) is 0.745. The standard InChI is InChI=1S/C13H12BrN/c1-10-5-3-2-4-8-15-13-7-6-11(14)9-12(10)13/h2-7,9,15H,1,8H2/b4-2-,5-3-. The second kappa shape index (κ2) is 4.49. The van der Waals surface area contributed by atoms with Crippen molar-refractivity contribution in [3.05, 3.63) is 59.1 Å². The van der Waals surface area contributed by atoms with Crippen LogP contribution in [0.4, 0.5) is 5.69 Å². The highest BCUT2D eigenvalue weighted by Gasteiger charge is 2.04. The van der Waals surface area contributed by atoms with Gasteiger partial charge < -0.3 is 5.32 Å². The Hall–Kier alpha value is -1.28. The third-order valence-corrected chi connectivity index (χ3v) is 2.78. The Morgan fingerprint density at radius 1 is 1.27 bits per heavy atom. The number of allylic oxidation sites excluding steroid dienone is 4. The van der Waals surface area contributed by atoms with Crippen LogP contribution >= 0.6 is 15.9 Å². The monoisotopic (exact) mass is 261 g/mol. The summed E-state index contributed by atoms with van der Waals surface area (Å²) in [5.41, 5.74) is 3.29. The Morgan fingerprint density at radius 3 is 3.00 bits per heavy atom. The Kier molecular flexibility index (Phi) is 3.07. The summed E-state index contributed by atoms with van der Waals surface area (Å²) in [6.07, 6.45) is 8.15. The number of fused-ring (bicyclic) bond motifs is 1. The molecule has 2 rings (SSSR count). The van der Waals surface area contributed by atoms with Crippen molar-refractivity contribution in [1.29, 1.82) is 0 Å².